The predicted molar refractivity (Wildman–Crippen MR) is 183 cm³/mol. The maximum Gasteiger partial charge on any atom is 0.305 e. The molecule has 9 nitrogen and oxygen atoms in total. The highest BCUT2D eigenvalue weighted by Gasteiger charge is 2.23. The van der Waals surface area contributed by atoms with Crippen LogP contribution in [-0.4, -0.2) is 95.1 Å². The van der Waals surface area contributed by atoms with E-state index < -0.39 is 0 Å². The third-order valence-electron chi connectivity index (χ3n) is 8.56. The van der Waals surface area contributed by atoms with E-state index in [0.29, 0.717) is 45.2 Å². The Hall–Kier alpha value is -2.63. The summed E-state index contributed by atoms with van der Waals surface area (Å²) in [6.07, 6.45) is 9.20. The molecular weight excluding hydrogens is 631 g/mol. The van der Waals surface area contributed by atoms with Crippen LogP contribution in [-0.2, 0) is 16.1 Å². The van der Waals surface area contributed by atoms with Crippen molar-refractivity contribution in [3.05, 3.63) is 58.3 Å². The second-order valence-electron chi connectivity index (χ2n) is 11.8. The molecule has 1 unspecified atom stereocenters. The van der Waals surface area contributed by atoms with Gasteiger partial charge in [-0.15, -0.1) is 0 Å². The molecule has 0 N–H and O–H groups in total. The van der Waals surface area contributed by atoms with Crippen LogP contribution in [0.3, 0.4) is 0 Å². The number of aromatic nitrogens is 3. The summed E-state index contributed by atoms with van der Waals surface area (Å²) in [6, 6.07) is 9.42. The number of likely N-dealkylation sites (tertiary alicyclic amines) is 1. The first-order valence-corrected chi connectivity index (χ1v) is 17.6. The van der Waals surface area contributed by atoms with Crippen LogP contribution in [0, 0.1) is 5.92 Å². The van der Waals surface area contributed by atoms with E-state index in [1.807, 2.05) is 30.0 Å². The van der Waals surface area contributed by atoms with Crippen LogP contribution < -0.4 is 9.64 Å². The van der Waals surface area contributed by atoms with Crippen LogP contribution in [0.25, 0.3) is 11.3 Å². The molecule has 12 heteroatoms. The normalized spacial score (nSPS) is 17.3. The van der Waals surface area contributed by atoms with Crippen molar-refractivity contribution in [1.29, 1.82) is 0 Å². The largest absolute Gasteiger partial charge is 0.469 e. The van der Waals surface area contributed by atoms with Gasteiger partial charge in [-0.2, -0.15) is 11.8 Å². The van der Waals surface area contributed by atoms with E-state index in [4.69, 9.17) is 37.7 Å². The summed E-state index contributed by atoms with van der Waals surface area (Å²) in [7, 11) is 1.45. The first-order valence-electron chi connectivity index (χ1n) is 15.5. The molecule has 3 aromatic rings. The van der Waals surface area contributed by atoms with Gasteiger partial charge in [0.05, 0.1) is 25.2 Å². The Morgan fingerprint density at radius 3 is 2.31 bits per heavy atom. The number of hydrogen-bond acceptors (Lipinski definition) is 10. The number of halogens is 2. The van der Waals surface area contributed by atoms with Gasteiger partial charge in [0.15, 0.2) is 5.75 Å². The number of piperazine rings is 1. The molecule has 4 heterocycles. The quantitative estimate of drug-likeness (QED) is 0.194. The van der Waals surface area contributed by atoms with Crippen LogP contribution in [0.5, 0.6) is 11.6 Å². The summed E-state index contributed by atoms with van der Waals surface area (Å²) >= 11 is 14.6. The van der Waals surface area contributed by atoms with Crippen LogP contribution >= 0.6 is 35.0 Å². The Morgan fingerprint density at radius 1 is 0.978 bits per heavy atom. The number of anilines is 1. The lowest BCUT2D eigenvalue weighted by Gasteiger charge is -2.35. The summed E-state index contributed by atoms with van der Waals surface area (Å²) in [6.45, 7) is 9.79. The molecule has 0 bridgehead atoms. The fraction of sp³-hybridized carbons (Fsp3) is 0.515. The van der Waals surface area contributed by atoms with E-state index in [2.05, 4.69) is 43.9 Å². The third kappa shape index (κ3) is 9.93. The van der Waals surface area contributed by atoms with Crippen molar-refractivity contribution in [2.45, 2.75) is 44.4 Å². The number of pyridine rings is 1. The highest BCUT2D eigenvalue weighted by atomic mass is 35.5. The average Bonchev–Trinajstić information content (AvgIpc) is 3.04. The smallest absolute Gasteiger partial charge is 0.305 e. The highest BCUT2D eigenvalue weighted by molar-refractivity contribution is 7.99. The Labute approximate surface area is 280 Å². The minimum Gasteiger partial charge on any atom is -0.469 e. The van der Waals surface area contributed by atoms with E-state index in [1.54, 1.807) is 18.5 Å². The monoisotopic (exact) mass is 672 g/mol. The molecule has 242 valence electrons. The van der Waals surface area contributed by atoms with Gasteiger partial charge in [0.2, 0.25) is 11.8 Å². The summed E-state index contributed by atoms with van der Waals surface area (Å²) in [5, 5.41) is 1.77. The fourth-order valence-corrected chi connectivity index (χ4v) is 6.65. The second kappa shape index (κ2) is 16.3. The number of methoxy groups -OCH3 is 1. The number of esters is 1. The van der Waals surface area contributed by atoms with Crippen molar-refractivity contribution in [1.82, 2.24) is 24.8 Å². The number of thioether (sulfide) groups is 1. The zero-order valence-electron chi connectivity index (χ0n) is 26.3. The number of piperidine rings is 1. The van der Waals surface area contributed by atoms with E-state index in [0.717, 1.165) is 82.0 Å². The number of benzene rings is 1. The maximum atomic E-state index is 11.7. The number of carbonyl (C=O) groups excluding carboxylic acids is 1. The van der Waals surface area contributed by atoms with Gasteiger partial charge in [-0.3, -0.25) is 14.6 Å². The molecule has 0 radical (unpaired) electrons. The van der Waals surface area contributed by atoms with Gasteiger partial charge in [-0.25, -0.2) is 15.0 Å². The standard InChI is InChI=1S/C33H42Cl2N6O3S/c1-23(45-3)4-7-39-10-12-41(13-11-39)33-36-20-29(21-37-33)44-31-15-25(14-30(38-31)26-17-27(34)19-28(35)18-26)22-40-8-5-24(6-9-40)16-32(42)43-2/h14-15,17-21,23-24H,4-13,16,22H2,1-3H3. The number of nitrogens with zero attached hydrogens (tertiary/aromatic N) is 6. The topological polar surface area (TPSA) is 83.9 Å². The van der Waals surface area contributed by atoms with Crippen LogP contribution in [0.2, 0.25) is 10.0 Å². The van der Waals surface area contributed by atoms with Gasteiger partial charge in [-0.1, -0.05) is 30.1 Å². The lowest BCUT2D eigenvalue weighted by atomic mass is 9.93. The first kappa shape index (κ1) is 33.7. The van der Waals surface area contributed by atoms with E-state index >= 15 is 0 Å². The number of carbonyl (C=O) groups is 1. The van der Waals surface area contributed by atoms with Crippen LogP contribution in [0.4, 0.5) is 5.95 Å². The molecule has 0 saturated carbocycles. The predicted octanol–water partition coefficient (Wildman–Crippen LogP) is 6.68. The Balaban J connectivity index is 1.26. The molecule has 2 aromatic heterocycles. The van der Waals surface area contributed by atoms with E-state index in [-0.39, 0.29) is 5.97 Å². The maximum absolute atomic E-state index is 11.7. The molecule has 0 amide bonds. The molecule has 2 aliphatic rings. The van der Waals surface area contributed by atoms with E-state index in [1.165, 1.54) is 13.5 Å². The Bertz CT molecular complexity index is 1400. The van der Waals surface area contributed by atoms with Gasteiger partial charge in [0.1, 0.15) is 0 Å². The summed E-state index contributed by atoms with van der Waals surface area (Å²) in [4.78, 5) is 32.9. The lowest BCUT2D eigenvalue weighted by Crippen LogP contribution is -2.47. The lowest BCUT2D eigenvalue weighted by molar-refractivity contribution is -0.142. The van der Waals surface area contributed by atoms with Gasteiger partial charge < -0.3 is 14.4 Å². The van der Waals surface area contributed by atoms with Crippen LogP contribution in [0.15, 0.2) is 42.7 Å². The molecule has 5 rings (SSSR count). The van der Waals surface area contributed by atoms with Crippen molar-refractivity contribution in [2.75, 3.05) is 64.1 Å². The SMILES string of the molecule is COC(=O)CC1CCN(Cc2cc(Oc3cnc(N4CCN(CCC(C)SC)CC4)nc3)nc(-c3cc(Cl)cc(Cl)c3)c2)CC1. The molecule has 2 fully saturated rings. The summed E-state index contributed by atoms with van der Waals surface area (Å²) < 4.78 is 11.1. The van der Waals surface area contributed by atoms with Crippen molar-refractivity contribution in [3.8, 4) is 22.9 Å². The summed E-state index contributed by atoms with van der Waals surface area (Å²) in [5.74, 6) is 1.90. The van der Waals surface area contributed by atoms with Crippen LogP contribution in [0.1, 0.15) is 38.2 Å². The van der Waals surface area contributed by atoms with Gasteiger partial charge in [0, 0.05) is 66.1 Å². The number of ether oxygens (including phenoxy) is 2. The summed E-state index contributed by atoms with van der Waals surface area (Å²) in [5.41, 5.74) is 2.58. The van der Waals surface area contributed by atoms with Crippen molar-refractivity contribution >= 4 is 46.9 Å². The fourth-order valence-electron chi connectivity index (χ4n) is 5.78. The molecule has 2 aliphatic heterocycles. The molecule has 1 atom stereocenters. The average molecular weight is 674 g/mol. The Kier molecular flexibility index (Phi) is 12.2. The van der Waals surface area contributed by atoms with E-state index in [9.17, 15) is 4.79 Å². The minimum absolute atomic E-state index is 0.138. The molecule has 0 spiro atoms. The molecule has 1 aromatic carbocycles. The van der Waals surface area contributed by atoms with Crippen molar-refractivity contribution < 1.29 is 14.3 Å². The third-order valence-corrected chi connectivity index (χ3v) is 10.0. The zero-order chi connectivity index (χ0) is 31.8. The molecule has 0 aliphatic carbocycles. The van der Waals surface area contributed by atoms with Gasteiger partial charge in [0.25, 0.3) is 0 Å². The van der Waals surface area contributed by atoms with Crippen molar-refractivity contribution in [2.24, 2.45) is 5.92 Å². The second-order valence-corrected chi connectivity index (χ2v) is 14.0. The zero-order valence-corrected chi connectivity index (χ0v) is 28.6. The molecule has 45 heavy (non-hydrogen) atoms. The Morgan fingerprint density at radius 2 is 1.67 bits per heavy atom. The van der Waals surface area contributed by atoms with Gasteiger partial charge >= 0.3 is 5.97 Å². The highest BCUT2D eigenvalue weighted by Crippen LogP contribution is 2.31. The molecule has 2 saturated heterocycles. The van der Waals surface area contributed by atoms with Crippen molar-refractivity contribution in [3.63, 3.8) is 0 Å². The number of hydrogen-bond donors (Lipinski definition) is 0. The molecular formula is C33H42Cl2N6O3S. The van der Waals surface area contributed by atoms with Gasteiger partial charge in [-0.05, 0) is 80.9 Å². The number of rotatable bonds is 12. The minimum atomic E-state index is -0.138. The first-order chi connectivity index (χ1) is 21.8.